The molecule has 0 amide bonds. The molecule has 1 aliphatic rings. The highest BCUT2D eigenvalue weighted by molar-refractivity contribution is 5.33. The number of aryl methyl sites for hydroxylation is 1. The highest BCUT2D eigenvalue weighted by atomic mass is 16.5. The van der Waals surface area contributed by atoms with Crippen molar-refractivity contribution in [2.24, 2.45) is 5.92 Å². The Labute approximate surface area is 178 Å². The van der Waals surface area contributed by atoms with Crippen molar-refractivity contribution in [3.05, 3.63) is 100.0 Å². The van der Waals surface area contributed by atoms with Gasteiger partial charge in [-0.1, -0.05) is 54.6 Å². The molecule has 1 fully saturated rings. The maximum atomic E-state index is 11.9. The van der Waals surface area contributed by atoms with Crippen LogP contribution in [0.4, 0.5) is 0 Å². The van der Waals surface area contributed by atoms with E-state index in [4.69, 9.17) is 4.74 Å². The quantitative estimate of drug-likeness (QED) is 0.589. The summed E-state index contributed by atoms with van der Waals surface area (Å²) < 4.78 is 6.12. The average molecular weight is 403 g/mol. The van der Waals surface area contributed by atoms with Crippen LogP contribution in [-0.2, 0) is 19.6 Å². The maximum absolute atomic E-state index is 11.9. The van der Waals surface area contributed by atoms with Crippen LogP contribution in [0, 0.1) is 5.92 Å². The molecule has 2 aromatic carbocycles. The first-order valence-electron chi connectivity index (χ1n) is 10.9. The lowest BCUT2D eigenvalue weighted by molar-refractivity contribution is 0.171. The van der Waals surface area contributed by atoms with Crippen LogP contribution in [0.25, 0.3) is 0 Å². The van der Waals surface area contributed by atoms with E-state index in [-0.39, 0.29) is 5.56 Å². The zero-order chi connectivity index (χ0) is 20.6. The Morgan fingerprint density at radius 3 is 2.43 bits per heavy atom. The van der Waals surface area contributed by atoms with Gasteiger partial charge in [-0.25, -0.2) is 0 Å². The monoisotopic (exact) mass is 402 g/mol. The Balaban J connectivity index is 1.26. The van der Waals surface area contributed by atoms with Crippen molar-refractivity contribution in [2.45, 2.75) is 38.8 Å². The summed E-state index contributed by atoms with van der Waals surface area (Å²) in [7, 11) is 0. The number of benzene rings is 2. The Bertz CT molecular complexity index is 975. The van der Waals surface area contributed by atoms with Crippen molar-refractivity contribution in [2.75, 3.05) is 13.1 Å². The second-order valence-electron chi connectivity index (χ2n) is 8.16. The van der Waals surface area contributed by atoms with Gasteiger partial charge in [-0.3, -0.25) is 9.69 Å². The van der Waals surface area contributed by atoms with Crippen LogP contribution >= 0.6 is 0 Å². The maximum Gasteiger partial charge on any atom is 0.252 e. The predicted octanol–water partition coefficient (Wildman–Crippen LogP) is 4.80. The van der Waals surface area contributed by atoms with E-state index in [2.05, 4.69) is 40.2 Å². The van der Waals surface area contributed by atoms with Crippen LogP contribution in [0.3, 0.4) is 0 Å². The van der Waals surface area contributed by atoms with E-state index in [9.17, 15) is 4.79 Å². The molecule has 1 N–H and O–H groups in total. The molecule has 0 unspecified atom stereocenters. The minimum Gasteiger partial charge on any atom is -0.489 e. The van der Waals surface area contributed by atoms with E-state index in [1.54, 1.807) is 6.20 Å². The first-order chi connectivity index (χ1) is 14.8. The normalized spacial score (nSPS) is 15.2. The summed E-state index contributed by atoms with van der Waals surface area (Å²) in [5.41, 5.74) is 3.38. The number of para-hydroxylation sites is 1. The fourth-order valence-electron chi connectivity index (χ4n) is 4.20. The molecule has 0 radical (unpaired) electrons. The van der Waals surface area contributed by atoms with Gasteiger partial charge in [0.15, 0.2) is 0 Å². The molecule has 0 spiro atoms. The fraction of sp³-hybridized carbons (Fsp3) is 0.346. The number of ether oxygens (including phenoxy) is 1. The molecule has 0 atom stereocenters. The summed E-state index contributed by atoms with van der Waals surface area (Å²) in [5.74, 6) is 1.74. The summed E-state index contributed by atoms with van der Waals surface area (Å²) in [5, 5.41) is 0. The van der Waals surface area contributed by atoms with Gasteiger partial charge in [0, 0.05) is 18.3 Å². The SMILES string of the molecule is O=c1[nH]cccc1CN1CCC(CCc2ccccc2OCc2ccccc2)CC1. The van der Waals surface area contributed by atoms with E-state index in [0.717, 1.165) is 43.3 Å². The summed E-state index contributed by atoms with van der Waals surface area (Å²) >= 11 is 0. The van der Waals surface area contributed by atoms with Gasteiger partial charge in [-0.15, -0.1) is 0 Å². The summed E-state index contributed by atoms with van der Waals surface area (Å²) in [4.78, 5) is 17.1. The number of piperidine rings is 1. The molecule has 4 nitrogen and oxygen atoms in total. The third kappa shape index (κ3) is 5.61. The van der Waals surface area contributed by atoms with E-state index < -0.39 is 0 Å². The molecule has 1 aromatic heterocycles. The minimum atomic E-state index is 0.0340. The van der Waals surface area contributed by atoms with Crippen LogP contribution in [0.15, 0.2) is 77.7 Å². The lowest BCUT2D eigenvalue weighted by Gasteiger charge is -2.31. The molecular formula is C26H30N2O2. The third-order valence-corrected chi connectivity index (χ3v) is 6.03. The van der Waals surface area contributed by atoms with Gasteiger partial charge in [-0.05, 0) is 68.0 Å². The number of nitrogens with one attached hydrogen (secondary N) is 1. The van der Waals surface area contributed by atoms with Gasteiger partial charge in [0.25, 0.3) is 5.56 Å². The molecular weight excluding hydrogens is 372 g/mol. The van der Waals surface area contributed by atoms with E-state index in [1.807, 2.05) is 36.4 Å². The van der Waals surface area contributed by atoms with Crippen molar-refractivity contribution in [3.63, 3.8) is 0 Å². The second-order valence-corrected chi connectivity index (χ2v) is 8.16. The summed E-state index contributed by atoms with van der Waals surface area (Å²) in [6, 6.07) is 22.6. The van der Waals surface area contributed by atoms with Gasteiger partial charge >= 0.3 is 0 Å². The standard InChI is InChI=1S/C26H30N2O2/c29-26-24(10-6-16-27-26)19-28-17-14-21(15-18-28)12-13-23-9-4-5-11-25(23)30-20-22-7-2-1-3-8-22/h1-11,16,21H,12-15,17-20H2,(H,27,29). The number of pyridine rings is 1. The van der Waals surface area contributed by atoms with Crippen molar-refractivity contribution in [1.29, 1.82) is 0 Å². The van der Waals surface area contributed by atoms with E-state index >= 15 is 0 Å². The number of nitrogens with zero attached hydrogens (tertiary/aromatic N) is 1. The third-order valence-electron chi connectivity index (χ3n) is 6.03. The number of H-pyrrole nitrogens is 1. The molecule has 2 heterocycles. The van der Waals surface area contributed by atoms with E-state index in [0.29, 0.717) is 6.61 Å². The number of likely N-dealkylation sites (tertiary alicyclic amines) is 1. The number of rotatable bonds is 8. The smallest absolute Gasteiger partial charge is 0.252 e. The number of hydrogen-bond acceptors (Lipinski definition) is 3. The number of hydrogen-bond donors (Lipinski definition) is 1. The molecule has 0 bridgehead atoms. The first-order valence-corrected chi connectivity index (χ1v) is 10.9. The molecule has 0 aliphatic carbocycles. The average Bonchev–Trinajstić information content (AvgIpc) is 2.80. The summed E-state index contributed by atoms with van der Waals surface area (Å²) in [6.45, 7) is 3.48. The molecule has 0 saturated carbocycles. The number of aromatic amines is 1. The zero-order valence-electron chi connectivity index (χ0n) is 17.4. The Hall–Kier alpha value is -2.85. The Kier molecular flexibility index (Phi) is 6.99. The topological polar surface area (TPSA) is 45.3 Å². The van der Waals surface area contributed by atoms with Crippen molar-refractivity contribution < 1.29 is 4.74 Å². The largest absolute Gasteiger partial charge is 0.489 e. The van der Waals surface area contributed by atoms with Crippen LogP contribution < -0.4 is 10.3 Å². The Morgan fingerprint density at radius 2 is 1.63 bits per heavy atom. The lowest BCUT2D eigenvalue weighted by Crippen LogP contribution is -2.35. The molecule has 1 saturated heterocycles. The predicted molar refractivity (Wildman–Crippen MR) is 121 cm³/mol. The highest BCUT2D eigenvalue weighted by Gasteiger charge is 2.20. The molecule has 4 rings (SSSR count). The Morgan fingerprint density at radius 1 is 0.900 bits per heavy atom. The van der Waals surface area contributed by atoms with Gasteiger partial charge in [0.05, 0.1) is 0 Å². The van der Waals surface area contributed by atoms with Gasteiger partial charge in [-0.2, -0.15) is 0 Å². The molecule has 1 aliphatic heterocycles. The van der Waals surface area contributed by atoms with E-state index in [1.165, 1.54) is 30.4 Å². The molecule has 3 aromatic rings. The lowest BCUT2D eigenvalue weighted by atomic mass is 9.90. The zero-order valence-corrected chi connectivity index (χ0v) is 17.4. The van der Waals surface area contributed by atoms with Crippen LogP contribution in [-0.4, -0.2) is 23.0 Å². The molecule has 30 heavy (non-hydrogen) atoms. The fourth-order valence-corrected chi connectivity index (χ4v) is 4.20. The van der Waals surface area contributed by atoms with Crippen LogP contribution in [0.2, 0.25) is 0 Å². The van der Waals surface area contributed by atoms with Crippen LogP contribution in [0.5, 0.6) is 5.75 Å². The highest BCUT2D eigenvalue weighted by Crippen LogP contribution is 2.27. The molecule has 4 heteroatoms. The minimum absolute atomic E-state index is 0.0340. The number of aromatic nitrogens is 1. The second kappa shape index (κ2) is 10.3. The van der Waals surface area contributed by atoms with Crippen molar-refractivity contribution in [3.8, 4) is 5.75 Å². The van der Waals surface area contributed by atoms with Crippen molar-refractivity contribution in [1.82, 2.24) is 9.88 Å². The summed E-state index contributed by atoms with van der Waals surface area (Å²) in [6.07, 6.45) is 6.31. The van der Waals surface area contributed by atoms with Gasteiger partial charge in [0.2, 0.25) is 0 Å². The van der Waals surface area contributed by atoms with Crippen molar-refractivity contribution >= 4 is 0 Å². The van der Waals surface area contributed by atoms with Gasteiger partial charge in [0.1, 0.15) is 12.4 Å². The first kappa shape index (κ1) is 20.4. The van der Waals surface area contributed by atoms with Crippen LogP contribution in [0.1, 0.15) is 36.0 Å². The molecule has 156 valence electrons. The van der Waals surface area contributed by atoms with Gasteiger partial charge < -0.3 is 9.72 Å².